The van der Waals surface area contributed by atoms with Crippen molar-refractivity contribution in [1.82, 2.24) is 15.5 Å². The molecule has 4 rings (SSSR count). The molecule has 1 N–H and O–H groups in total. The molecule has 2 aromatic carbocycles. The summed E-state index contributed by atoms with van der Waals surface area (Å²) in [7, 11) is -2.37. The molecule has 3 aromatic rings. The molecule has 11 nitrogen and oxygen atoms in total. The Balaban J connectivity index is 1.74. The molecule has 0 amide bonds. The highest BCUT2D eigenvalue weighted by Crippen LogP contribution is 2.43. The van der Waals surface area contributed by atoms with Crippen LogP contribution in [-0.4, -0.2) is 36.6 Å². The number of hydrogen-bond donors (Lipinski definition) is 1. The summed E-state index contributed by atoms with van der Waals surface area (Å²) in [6, 6.07) is 14.6. The first kappa shape index (κ1) is 25.8. The highest BCUT2D eigenvalue weighted by Gasteiger charge is 2.37. The highest BCUT2D eigenvalue weighted by molar-refractivity contribution is 7.89. The molecular weight excluding hydrogens is 500 g/mol. The first-order valence-electron chi connectivity index (χ1n) is 11.2. The SMILES string of the molecule is COC(=O)C1=C(C)NC(C)=C(c2nc(CS(=O)(=O)Cc3ccccc3)no2)C1c1cccc([N+](=O)[O-])c1. The Labute approximate surface area is 212 Å². The van der Waals surface area contributed by atoms with Gasteiger partial charge in [0.1, 0.15) is 5.75 Å². The predicted molar refractivity (Wildman–Crippen MR) is 133 cm³/mol. The maximum absolute atomic E-state index is 12.8. The number of nitro benzene ring substituents is 1. The summed E-state index contributed by atoms with van der Waals surface area (Å²) in [5.41, 5.74) is 2.55. The Morgan fingerprint density at radius 1 is 1.11 bits per heavy atom. The summed E-state index contributed by atoms with van der Waals surface area (Å²) in [5.74, 6) is -2.19. The van der Waals surface area contributed by atoms with Crippen molar-refractivity contribution in [3.63, 3.8) is 0 Å². The van der Waals surface area contributed by atoms with Gasteiger partial charge in [-0.15, -0.1) is 0 Å². The molecule has 0 bridgehead atoms. The number of nitrogens with zero attached hydrogens (tertiary/aromatic N) is 3. The van der Waals surface area contributed by atoms with Crippen molar-refractivity contribution in [2.75, 3.05) is 7.11 Å². The van der Waals surface area contributed by atoms with Crippen LogP contribution in [0.2, 0.25) is 0 Å². The van der Waals surface area contributed by atoms with Crippen LogP contribution in [0, 0.1) is 10.1 Å². The number of non-ortho nitro benzene ring substituents is 1. The number of benzene rings is 2. The van der Waals surface area contributed by atoms with E-state index in [9.17, 15) is 23.3 Å². The van der Waals surface area contributed by atoms with Crippen LogP contribution in [0.4, 0.5) is 5.69 Å². The molecule has 37 heavy (non-hydrogen) atoms. The van der Waals surface area contributed by atoms with Crippen molar-refractivity contribution in [3.8, 4) is 0 Å². The lowest BCUT2D eigenvalue weighted by Gasteiger charge is -2.29. The lowest BCUT2D eigenvalue weighted by atomic mass is 9.80. The van der Waals surface area contributed by atoms with Gasteiger partial charge < -0.3 is 14.6 Å². The molecule has 0 aliphatic carbocycles. The number of aromatic nitrogens is 2. The number of carbonyl (C=O) groups excluding carboxylic acids is 1. The molecule has 1 unspecified atom stereocenters. The van der Waals surface area contributed by atoms with E-state index in [-0.39, 0.29) is 28.7 Å². The molecule has 1 aromatic heterocycles. The van der Waals surface area contributed by atoms with E-state index in [2.05, 4.69) is 15.5 Å². The molecule has 1 aliphatic heterocycles. The molecule has 0 fully saturated rings. The maximum Gasteiger partial charge on any atom is 0.336 e. The van der Waals surface area contributed by atoms with Gasteiger partial charge in [0, 0.05) is 29.1 Å². The minimum atomic E-state index is -3.61. The number of sulfone groups is 1. The number of esters is 1. The standard InChI is InChI=1S/C25H24N4O7S/c1-15-21(24-27-20(28-36-24)14-37(33,34)13-17-8-5-4-6-9-17)23(22(16(2)26-15)25(30)35-3)18-10-7-11-19(12-18)29(31)32/h4-12,23,26H,13-14H2,1-3H3. The number of rotatable bonds is 8. The van der Waals surface area contributed by atoms with Crippen molar-refractivity contribution >= 4 is 27.1 Å². The van der Waals surface area contributed by atoms with Crippen molar-refractivity contribution in [2.45, 2.75) is 31.3 Å². The second kappa shape index (κ2) is 10.3. The topological polar surface area (TPSA) is 155 Å². The van der Waals surface area contributed by atoms with Gasteiger partial charge in [0.2, 0.25) is 0 Å². The Morgan fingerprint density at radius 2 is 1.84 bits per heavy atom. The molecule has 0 radical (unpaired) electrons. The third kappa shape index (κ3) is 5.59. The van der Waals surface area contributed by atoms with Crippen molar-refractivity contribution in [3.05, 3.63) is 105 Å². The van der Waals surface area contributed by atoms with E-state index in [1.54, 1.807) is 50.2 Å². The van der Waals surface area contributed by atoms with Gasteiger partial charge in [0.15, 0.2) is 15.7 Å². The van der Waals surface area contributed by atoms with Crippen LogP contribution in [0.15, 0.2) is 76.1 Å². The largest absolute Gasteiger partial charge is 0.466 e. The summed E-state index contributed by atoms with van der Waals surface area (Å²) < 4.78 is 36.0. The number of dihydropyridines is 1. The van der Waals surface area contributed by atoms with Gasteiger partial charge in [0.25, 0.3) is 11.6 Å². The van der Waals surface area contributed by atoms with Crippen LogP contribution in [0.5, 0.6) is 0 Å². The van der Waals surface area contributed by atoms with Crippen molar-refractivity contribution in [2.24, 2.45) is 0 Å². The summed E-state index contributed by atoms with van der Waals surface area (Å²) in [4.78, 5) is 28.0. The quantitative estimate of drug-likeness (QED) is 0.262. The maximum atomic E-state index is 12.8. The molecular formula is C25H24N4O7S. The van der Waals surface area contributed by atoms with E-state index in [4.69, 9.17) is 9.26 Å². The first-order chi connectivity index (χ1) is 17.6. The molecule has 12 heteroatoms. The molecule has 1 aliphatic rings. The van der Waals surface area contributed by atoms with Crippen molar-refractivity contribution < 1.29 is 27.4 Å². The molecule has 2 heterocycles. The van der Waals surface area contributed by atoms with E-state index in [1.807, 2.05) is 0 Å². The third-order valence-corrected chi connectivity index (χ3v) is 7.33. The molecule has 1 atom stereocenters. The second-order valence-corrected chi connectivity index (χ2v) is 10.6. The van der Waals surface area contributed by atoms with E-state index in [1.165, 1.54) is 25.3 Å². The van der Waals surface area contributed by atoms with Gasteiger partial charge in [-0.3, -0.25) is 10.1 Å². The number of nitro groups is 1. The molecule has 0 spiro atoms. The fourth-order valence-electron chi connectivity index (χ4n) is 4.31. The highest BCUT2D eigenvalue weighted by atomic mass is 32.2. The molecule has 0 saturated carbocycles. The van der Waals surface area contributed by atoms with E-state index < -0.39 is 32.4 Å². The Bertz CT molecular complexity index is 1530. The van der Waals surface area contributed by atoms with Gasteiger partial charge in [-0.25, -0.2) is 13.2 Å². The first-order valence-corrected chi connectivity index (χ1v) is 13.0. The number of methoxy groups -OCH3 is 1. The van der Waals surface area contributed by atoms with Crippen molar-refractivity contribution in [1.29, 1.82) is 0 Å². The predicted octanol–water partition coefficient (Wildman–Crippen LogP) is 3.66. The van der Waals surface area contributed by atoms with Crippen LogP contribution in [0.1, 0.15) is 42.6 Å². The monoisotopic (exact) mass is 524 g/mol. The van der Waals surface area contributed by atoms with Gasteiger partial charge in [-0.1, -0.05) is 47.6 Å². The Kier molecular flexibility index (Phi) is 7.21. The van der Waals surface area contributed by atoms with Crippen LogP contribution in [0.25, 0.3) is 5.57 Å². The fraction of sp³-hybridized carbons (Fsp3) is 0.240. The average molecular weight is 525 g/mol. The number of ether oxygens (including phenoxy) is 1. The number of carbonyl (C=O) groups is 1. The zero-order valence-corrected chi connectivity index (χ0v) is 21.1. The number of hydrogen-bond acceptors (Lipinski definition) is 10. The minimum Gasteiger partial charge on any atom is -0.466 e. The van der Waals surface area contributed by atoms with Gasteiger partial charge in [0.05, 0.1) is 29.3 Å². The summed E-state index contributed by atoms with van der Waals surface area (Å²) in [5, 5.41) is 18.4. The van der Waals surface area contributed by atoms with Crippen LogP contribution in [0.3, 0.4) is 0 Å². The summed E-state index contributed by atoms with van der Waals surface area (Å²) in [6.45, 7) is 3.42. The third-order valence-electron chi connectivity index (χ3n) is 5.86. The van der Waals surface area contributed by atoms with Gasteiger partial charge in [-0.05, 0) is 25.0 Å². The number of nitrogens with one attached hydrogen (secondary N) is 1. The Morgan fingerprint density at radius 3 is 2.51 bits per heavy atom. The summed E-state index contributed by atoms with van der Waals surface area (Å²) >= 11 is 0. The van der Waals surface area contributed by atoms with E-state index >= 15 is 0 Å². The van der Waals surface area contributed by atoms with Crippen LogP contribution >= 0.6 is 0 Å². The van der Waals surface area contributed by atoms with Crippen LogP contribution in [-0.2, 0) is 30.9 Å². The fourth-order valence-corrected chi connectivity index (χ4v) is 5.62. The lowest BCUT2D eigenvalue weighted by Crippen LogP contribution is -2.28. The normalized spacial score (nSPS) is 15.9. The van der Waals surface area contributed by atoms with Gasteiger partial charge in [-0.2, -0.15) is 4.98 Å². The molecule has 192 valence electrons. The van der Waals surface area contributed by atoms with Gasteiger partial charge >= 0.3 is 5.97 Å². The van der Waals surface area contributed by atoms with E-state index in [0.717, 1.165) is 0 Å². The minimum absolute atomic E-state index is 0.0136. The second-order valence-electron chi connectivity index (χ2n) is 8.51. The smallest absolute Gasteiger partial charge is 0.336 e. The molecule has 0 saturated heterocycles. The van der Waals surface area contributed by atoms with E-state index in [0.29, 0.717) is 28.1 Å². The average Bonchev–Trinajstić information content (AvgIpc) is 3.30. The summed E-state index contributed by atoms with van der Waals surface area (Å²) in [6.07, 6.45) is 0. The number of allylic oxidation sites excluding steroid dienone is 3. The zero-order chi connectivity index (χ0) is 26.7. The lowest BCUT2D eigenvalue weighted by molar-refractivity contribution is -0.384. The Hall–Kier alpha value is -4.32. The zero-order valence-electron chi connectivity index (χ0n) is 20.3. The van der Waals surface area contributed by atoms with Crippen LogP contribution < -0.4 is 5.32 Å².